The van der Waals surface area contributed by atoms with E-state index in [2.05, 4.69) is 11.8 Å². The summed E-state index contributed by atoms with van der Waals surface area (Å²) in [6.07, 6.45) is 5.59. The topological polar surface area (TPSA) is 57.7 Å². The number of sulfonamides is 1. The van der Waals surface area contributed by atoms with Gasteiger partial charge in [0.2, 0.25) is 15.9 Å². The van der Waals surface area contributed by atoms with Crippen LogP contribution in [-0.4, -0.2) is 49.2 Å². The SMILES string of the molecule is CCC1CCCCN1C(=O)C1CCN(S(=O)(=O)c2ccc3ccccc3c2)CC1. The second kappa shape index (κ2) is 8.44. The van der Waals surface area contributed by atoms with Gasteiger partial charge in [-0.1, -0.05) is 37.3 Å². The summed E-state index contributed by atoms with van der Waals surface area (Å²) >= 11 is 0. The third-order valence-corrected chi connectivity index (χ3v) is 8.44. The van der Waals surface area contributed by atoms with Gasteiger partial charge in [0.25, 0.3) is 0 Å². The van der Waals surface area contributed by atoms with Gasteiger partial charge >= 0.3 is 0 Å². The van der Waals surface area contributed by atoms with E-state index in [1.54, 1.807) is 16.4 Å². The van der Waals surface area contributed by atoms with Gasteiger partial charge < -0.3 is 4.90 Å². The monoisotopic (exact) mass is 414 g/mol. The van der Waals surface area contributed by atoms with Crippen molar-refractivity contribution >= 4 is 26.7 Å². The highest BCUT2D eigenvalue weighted by atomic mass is 32.2. The highest BCUT2D eigenvalue weighted by molar-refractivity contribution is 7.89. The van der Waals surface area contributed by atoms with Gasteiger partial charge in [-0.2, -0.15) is 4.31 Å². The second-order valence-electron chi connectivity index (χ2n) is 8.28. The zero-order chi connectivity index (χ0) is 20.4. The molecule has 1 unspecified atom stereocenters. The van der Waals surface area contributed by atoms with Crippen LogP contribution in [0.4, 0.5) is 0 Å². The van der Waals surface area contributed by atoms with Crippen molar-refractivity contribution in [3.8, 4) is 0 Å². The van der Waals surface area contributed by atoms with E-state index in [4.69, 9.17) is 0 Å². The minimum Gasteiger partial charge on any atom is -0.339 e. The Morgan fingerprint density at radius 1 is 0.966 bits per heavy atom. The van der Waals surface area contributed by atoms with Gasteiger partial charge in [-0.25, -0.2) is 8.42 Å². The molecule has 0 N–H and O–H groups in total. The minimum absolute atomic E-state index is 0.0507. The number of carbonyl (C=O) groups excluding carboxylic acids is 1. The normalized spacial score (nSPS) is 22.1. The Hall–Kier alpha value is -1.92. The average molecular weight is 415 g/mol. The number of nitrogens with zero attached hydrogens (tertiary/aromatic N) is 2. The van der Waals surface area contributed by atoms with Crippen molar-refractivity contribution in [2.24, 2.45) is 5.92 Å². The molecule has 1 amide bonds. The van der Waals surface area contributed by atoms with E-state index in [-0.39, 0.29) is 11.8 Å². The van der Waals surface area contributed by atoms with Crippen LogP contribution < -0.4 is 0 Å². The van der Waals surface area contributed by atoms with Crippen LogP contribution in [0.1, 0.15) is 45.4 Å². The first-order chi connectivity index (χ1) is 14.0. The Balaban J connectivity index is 1.44. The Morgan fingerprint density at radius 3 is 2.41 bits per heavy atom. The van der Waals surface area contributed by atoms with Crippen molar-refractivity contribution in [3.63, 3.8) is 0 Å². The maximum absolute atomic E-state index is 13.1. The number of hydrogen-bond acceptors (Lipinski definition) is 3. The fraction of sp³-hybridized carbons (Fsp3) is 0.522. The number of benzene rings is 2. The van der Waals surface area contributed by atoms with Crippen molar-refractivity contribution in [2.75, 3.05) is 19.6 Å². The van der Waals surface area contributed by atoms with Gasteiger partial charge in [0.15, 0.2) is 0 Å². The maximum atomic E-state index is 13.1. The van der Waals surface area contributed by atoms with Crippen molar-refractivity contribution in [2.45, 2.75) is 56.4 Å². The molecule has 156 valence electrons. The molecule has 2 aromatic carbocycles. The van der Waals surface area contributed by atoms with Crippen LogP contribution in [0.2, 0.25) is 0 Å². The zero-order valence-electron chi connectivity index (χ0n) is 17.1. The fourth-order valence-electron chi connectivity index (χ4n) is 4.77. The van der Waals surface area contributed by atoms with Crippen molar-refractivity contribution in [3.05, 3.63) is 42.5 Å². The predicted molar refractivity (Wildman–Crippen MR) is 115 cm³/mol. The first-order valence-electron chi connectivity index (χ1n) is 10.8. The maximum Gasteiger partial charge on any atom is 0.243 e. The van der Waals surface area contributed by atoms with Gasteiger partial charge in [-0.3, -0.25) is 4.79 Å². The first kappa shape index (κ1) is 20.4. The smallest absolute Gasteiger partial charge is 0.243 e. The summed E-state index contributed by atoms with van der Waals surface area (Å²) in [5, 5.41) is 1.96. The molecular weight excluding hydrogens is 384 g/mol. The Kier molecular flexibility index (Phi) is 5.93. The fourth-order valence-corrected chi connectivity index (χ4v) is 6.28. The van der Waals surface area contributed by atoms with Gasteiger partial charge in [0.05, 0.1) is 4.90 Å². The number of rotatable bonds is 4. The number of hydrogen-bond donors (Lipinski definition) is 0. The van der Waals surface area contributed by atoms with Crippen LogP contribution >= 0.6 is 0 Å². The second-order valence-corrected chi connectivity index (χ2v) is 10.2. The molecule has 5 nitrogen and oxygen atoms in total. The first-order valence-corrected chi connectivity index (χ1v) is 12.2. The molecule has 0 aromatic heterocycles. The summed E-state index contributed by atoms with van der Waals surface area (Å²) in [6.45, 7) is 3.83. The molecule has 4 rings (SSSR count). The molecule has 1 atom stereocenters. The van der Waals surface area contributed by atoms with E-state index < -0.39 is 10.0 Å². The van der Waals surface area contributed by atoms with Gasteiger partial charge in [-0.05, 0) is 61.4 Å². The van der Waals surface area contributed by atoms with Crippen LogP contribution in [0.25, 0.3) is 10.8 Å². The number of likely N-dealkylation sites (tertiary alicyclic amines) is 1. The molecule has 29 heavy (non-hydrogen) atoms. The summed E-state index contributed by atoms with van der Waals surface area (Å²) in [4.78, 5) is 15.5. The summed E-state index contributed by atoms with van der Waals surface area (Å²) in [7, 11) is -3.53. The van der Waals surface area contributed by atoms with Crippen LogP contribution in [0.15, 0.2) is 47.4 Å². The zero-order valence-corrected chi connectivity index (χ0v) is 17.9. The number of amides is 1. The van der Waals surface area contributed by atoms with E-state index in [0.717, 1.165) is 36.6 Å². The van der Waals surface area contributed by atoms with Gasteiger partial charge in [0.1, 0.15) is 0 Å². The molecule has 6 heteroatoms. The van der Waals surface area contributed by atoms with Crippen molar-refractivity contribution < 1.29 is 13.2 Å². The molecule has 2 saturated heterocycles. The van der Waals surface area contributed by atoms with Crippen LogP contribution in [0, 0.1) is 5.92 Å². The molecule has 0 bridgehead atoms. The summed E-state index contributed by atoms with van der Waals surface area (Å²) in [5.41, 5.74) is 0. The van der Waals surface area contributed by atoms with Crippen LogP contribution in [0.3, 0.4) is 0 Å². The molecule has 2 fully saturated rings. The molecule has 2 aromatic rings. The lowest BCUT2D eigenvalue weighted by atomic mass is 9.92. The summed E-state index contributed by atoms with van der Waals surface area (Å²) < 4.78 is 27.8. The van der Waals surface area contributed by atoms with E-state index in [9.17, 15) is 13.2 Å². The summed E-state index contributed by atoms with van der Waals surface area (Å²) in [6, 6.07) is 13.4. The number of piperidine rings is 2. The lowest BCUT2D eigenvalue weighted by Crippen LogP contribution is -2.49. The van der Waals surface area contributed by atoms with E-state index >= 15 is 0 Å². The highest BCUT2D eigenvalue weighted by Gasteiger charge is 2.36. The molecule has 2 aliphatic rings. The molecule has 0 aliphatic carbocycles. The lowest BCUT2D eigenvalue weighted by Gasteiger charge is -2.39. The molecular formula is C23H30N2O3S. The Labute approximate surface area is 173 Å². The molecule has 2 heterocycles. The van der Waals surface area contributed by atoms with E-state index in [1.165, 1.54) is 6.42 Å². The molecule has 0 saturated carbocycles. The Morgan fingerprint density at radius 2 is 1.69 bits per heavy atom. The molecule has 2 aliphatic heterocycles. The largest absolute Gasteiger partial charge is 0.339 e. The van der Waals surface area contributed by atoms with Crippen molar-refractivity contribution in [1.82, 2.24) is 9.21 Å². The standard InChI is InChI=1S/C23H30N2O3S/c1-2-21-9-5-6-14-25(21)23(26)19-12-15-24(16-13-19)29(27,28)22-11-10-18-7-3-4-8-20(18)17-22/h3-4,7-8,10-11,17,19,21H,2,5-6,9,12-16H2,1H3. The minimum atomic E-state index is -3.53. The lowest BCUT2D eigenvalue weighted by molar-refractivity contribution is -0.140. The number of carbonyl (C=O) groups is 1. The van der Waals surface area contributed by atoms with Crippen LogP contribution in [0.5, 0.6) is 0 Å². The van der Waals surface area contributed by atoms with Crippen molar-refractivity contribution in [1.29, 1.82) is 0 Å². The average Bonchev–Trinajstić information content (AvgIpc) is 2.78. The third-order valence-electron chi connectivity index (χ3n) is 6.54. The third kappa shape index (κ3) is 4.05. The molecule has 0 spiro atoms. The van der Waals surface area contributed by atoms with E-state index in [0.29, 0.717) is 36.9 Å². The predicted octanol–water partition coefficient (Wildman–Crippen LogP) is 4.03. The summed E-state index contributed by atoms with van der Waals surface area (Å²) in [5.74, 6) is 0.185. The quantitative estimate of drug-likeness (QED) is 0.759. The van der Waals surface area contributed by atoms with Gasteiger partial charge in [-0.15, -0.1) is 0 Å². The van der Waals surface area contributed by atoms with Gasteiger partial charge in [0, 0.05) is 31.6 Å². The Bertz CT molecular complexity index is 981. The number of fused-ring (bicyclic) bond motifs is 1. The van der Waals surface area contributed by atoms with E-state index in [1.807, 2.05) is 30.3 Å². The highest BCUT2D eigenvalue weighted by Crippen LogP contribution is 2.29. The van der Waals surface area contributed by atoms with Crippen LogP contribution in [-0.2, 0) is 14.8 Å². The molecule has 0 radical (unpaired) electrons.